The molecule has 22 fully saturated rings. The minimum Gasteiger partial charge on any atom is -0.394 e. The molecular weight excluding hydrogens is 1030 g/mol. The Bertz CT molecular complexity index is 2070. The van der Waals surface area contributed by atoms with Crippen molar-refractivity contribution in [3.63, 3.8) is 0 Å². The number of aliphatic hydroxyl groups excluding tert-OH is 16. The van der Waals surface area contributed by atoms with E-state index in [-0.39, 0.29) is 13.1 Å². The lowest BCUT2D eigenvalue weighted by Gasteiger charge is -2.50. The predicted molar refractivity (Wildman–Crippen MR) is 235 cm³/mol. The maximum absolute atomic E-state index is 11.9. The Hall–Kier alpha value is -2.82. The third-order valence-corrected chi connectivity index (χ3v) is 14.6. The molecule has 30 atom stereocenters. The standard InChI is InChI=1S/C46H68N2O28/c49-13-19-37-26(56)32(62)44(68-19)75-39-21(15-51)70-46(34(64)28(39)58)76-40-22(16-52)69-45(33(63)27(40)57)74-38-20(14-50)67-43(31(61)25(38)55)72-36-18(12-48-9-5-2-6-10-48)65-41(29(59)23(36)53)71-35-17(11-47-7-3-1-4-8-47)66-42(73-37)30(60)24(35)54/h1-10,17-46,49-64H,11-16H2/q+2/t17-,18-,19-,20-,21-,22-,23-,24-,25-,26-,27-,28-,29-,30-,31-,32-,33-,34-,35-,36-,37-,38-,39-,40-,41-,42-,43-,44-,45-,46-/m1/s1. The highest BCUT2D eigenvalue weighted by molar-refractivity contribution is 5.01. The fourth-order valence-corrected chi connectivity index (χ4v) is 10.5. The molecule has 0 saturated carbocycles. The highest BCUT2D eigenvalue weighted by Gasteiger charge is 2.59. The number of hydrogen-bond donors (Lipinski definition) is 16. The molecular formula is C46H68N2O28+2. The Balaban J connectivity index is 1.06. The van der Waals surface area contributed by atoms with Crippen molar-refractivity contribution in [1.82, 2.24) is 0 Å². The average molecular weight is 1100 g/mol. The molecule has 12 bridgehead atoms. The molecule has 0 radical (unpaired) electrons. The average Bonchev–Trinajstić information content (AvgIpc) is 3.45. The summed E-state index contributed by atoms with van der Waals surface area (Å²) in [6.45, 7) is -4.22. The first-order valence-electron chi connectivity index (χ1n) is 24.8. The summed E-state index contributed by atoms with van der Waals surface area (Å²) in [4.78, 5) is 0. The number of nitrogens with zero attached hydrogens (tertiary/aromatic N) is 2. The highest BCUT2D eigenvalue weighted by atomic mass is 16.8. The van der Waals surface area contributed by atoms with Gasteiger partial charge in [0.25, 0.3) is 0 Å². The van der Waals surface area contributed by atoms with Crippen LogP contribution in [0.2, 0.25) is 0 Å². The van der Waals surface area contributed by atoms with Crippen LogP contribution in [0.3, 0.4) is 0 Å². The first-order chi connectivity index (χ1) is 36.5. The van der Waals surface area contributed by atoms with Gasteiger partial charge in [0, 0.05) is 24.3 Å². The second-order valence-electron chi connectivity index (χ2n) is 19.6. The summed E-state index contributed by atoms with van der Waals surface area (Å²) in [5.74, 6) is 0. The molecule has 16 N–H and O–H groups in total. The van der Waals surface area contributed by atoms with Crippen molar-refractivity contribution in [3.05, 3.63) is 61.2 Å². The van der Waals surface area contributed by atoms with Gasteiger partial charge in [0.05, 0.1) is 26.4 Å². The second kappa shape index (κ2) is 24.9. The smallest absolute Gasteiger partial charge is 0.187 e. The molecule has 0 spiro atoms. The lowest BCUT2D eigenvalue weighted by atomic mass is 9.94. The summed E-state index contributed by atoms with van der Waals surface area (Å²) in [5, 5.41) is 180. The molecule has 428 valence electrons. The van der Waals surface area contributed by atoms with Crippen LogP contribution in [-0.2, 0) is 69.9 Å². The molecule has 76 heavy (non-hydrogen) atoms. The number of rotatable bonds is 8. The van der Waals surface area contributed by atoms with Crippen LogP contribution in [0, 0.1) is 0 Å². The molecule has 22 aliphatic heterocycles. The zero-order valence-corrected chi connectivity index (χ0v) is 40.3. The van der Waals surface area contributed by atoms with Gasteiger partial charge in [-0.15, -0.1) is 0 Å². The molecule has 0 aromatic carbocycles. The predicted octanol–water partition coefficient (Wildman–Crippen LogP) is -11.1. The summed E-state index contributed by atoms with van der Waals surface area (Å²) in [6, 6.07) is 10.1. The van der Waals surface area contributed by atoms with Gasteiger partial charge in [0.1, 0.15) is 146 Å². The Kier molecular flexibility index (Phi) is 19.0. The molecule has 30 heteroatoms. The van der Waals surface area contributed by atoms with Crippen molar-refractivity contribution >= 4 is 0 Å². The van der Waals surface area contributed by atoms with Crippen LogP contribution in [-0.4, -0.2) is 292 Å². The Labute approximate surface area is 432 Å². The minimum atomic E-state index is -2.14. The quantitative estimate of drug-likeness (QED) is 0.109. The van der Waals surface area contributed by atoms with Crippen molar-refractivity contribution in [2.45, 2.75) is 197 Å². The van der Waals surface area contributed by atoms with E-state index in [4.69, 9.17) is 56.8 Å². The normalized spacial score (nSPS) is 49.5. The van der Waals surface area contributed by atoms with Gasteiger partial charge in [-0.2, -0.15) is 0 Å². The Morgan fingerprint density at radius 1 is 0.237 bits per heavy atom. The van der Waals surface area contributed by atoms with E-state index in [1.165, 1.54) is 0 Å². The van der Waals surface area contributed by atoms with E-state index in [0.717, 1.165) is 0 Å². The van der Waals surface area contributed by atoms with Gasteiger partial charge < -0.3 is 139 Å². The van der Waals surface area contributed by atoms with Crippen molar-refractivity contribution in [3.8, 4) is 0 Å². The van der Waals surface area contributed by atoms with E-state index in [1.807, 2.05) is 0 Å². The van der Waals surface area contributed by atoms with Crippen LogP contribution < -0.4 is 9.13 Å². The van der Waals surface area contributed by atoms with Crippen LogP contribution in [0.1, 0.15) is 0 Å². The summed E-state index contributed by atoms with van der Waals surface area (Å²) >= 11 is 0. The molecule has 24 heterocycles. The van der Waals surface area contributed by atoms with E-state index < -0.39 is 211 Å². The maximum atomic E-state index is 11.9. The van der Waals surface area contributed by atoms with Gasteiger partial charge in [0.2, 0.25) is 0 Å². The van der Waals surface area contributed by atoms with Gasteiger partial charge in [-0.3, -0.25) is 0 Å². The van der Waals surface area contributed by atoms with Crippen LogP contribution >= 0.6 is 0 Å². The van der Waals surface area contributed by atoms with E-state index in [0.29, 0.717) is 0 Å². The third-order valence-electron chi connectivity index (χ3n) is 14.6. The topological polar surface area (TPSA) is 442 Å². The van der Waals surface area contributed by atoms with Gasteiger partial charge in [-0.1, -0.05) is 12.1 Å². The van der Waals surface area contributed by atoms with Crippen LogP contribution in [0.5, 0.6) is 0 Å². The Morgan fingerprint density at radius 2 is 0.421 bits per heavy atom. The molecule has 2 aromatic rings. The van der Waals surface area contributed by atoms with Crippen molar-refractivity contribution in [2.75, 3.05) is 26.4 Å². The summed E-state index contributed by atoms with van der Waals surface area (Å²) in [7, 11) is 0. The zero-order chi connectivity index (χ0) is 54.3. The van der Waals surface area contributed by atoms with E-state index in [2.05, 4.69) is 0 Å². The highest BCUT2D eigenvalue weighted by Crippen LogP contribution is 2.38. The van der Waals surface area contributed by atoms with E-state index >= 15 is 0 Å². The number of pyridine rings is 2. The number of hydrogen-bond acceptors (Lipinski definition) is 28. The van der Waals surface area contributed by atoms with E-state index in [9.17, 15) is 81.7 Å². The van der Waals surface area contributed by atoms with Gasteiger partial charge in [0.15, 0.2) is 75.6 Å². The lowest BCUT2D eigenvalue weighted by Crippen LogP contribution is -2.69. The van der Waals surface area contributed by atoms with Gasteiger partial charge in [-0.05, 0) is 0 Å². The van der Waals surface area contributed by atoms with E-state index in [1.54, 1.807) is 70.3 Å². The largest absolute Gasteiger partial charge is 0.394 e. The molecule has 30 nitrogen and oxygen atoms in total. The monoisotopic (exact) mass is 1100 g/mol. The van der Waals surface area contributed by atoms with Gasteiger partial charge >= 0.3 is 0 Å². The van der Waals surface area contributed by atoms with Gasteiger partial charge in [-0.25, -0.2) is 9.13 Å². The van der Waals surface area contributed by atoms with Crippen molar-refractivity contribution in [1.29, 1.82) is 0 Å². The number of ether oxygens (including phenoxy) is 12. The minimum absolute atomic E-state index is 0.165. The molecule has 0 aliphatic carbocycles. The first-order valence-corrected chi connectivity index (χ1v) is 24.8. The fraction of sp³-hybridized carbons (Fsp3) is 0.783. The molecule has 22 saturated heterocycles. The molecule has 22 aliphatic rings. The SMILES string of the molecule is OC[C@H]1O[C@@H]2O[C@H]3[C@H](O)[C@@H](O)[C@@H](O[C@H]4[C@H](O)[C@@H](O)[C@@H](O[C@H]5[C@H](O)[C@@H](O)[C@@H](O[C@H]6[C@H](O)[C@@H](O)[C@@H](O[C@H]7[C@H](O)[C@@H](O)[C@@H](O[C@H]1[C@H](O)[C@H]2O)O[C@@H]7CO)O[C@@H]6CO)O[C@@H]5C[n+]1ccccc1)O[C@@H]4C[n+]1ccccc1)O[C@@H]3CO. The fourth-order valence-electron chi connectivity index (χ4n) is 10.5. The number of aromatic nitrogens is 2. The first kappa shape index (κ1) is 57.9. The molecule has 2 aromatic heterocycles. The van der Waals surface area contributed by atoms with Crippen LogP contribution in [0.15, 0.2) is 61.2 Å². The maximum Gasteiger partial charge on any atom is 0.187 e. The second-order valence-corrected chi connectivity index (χ2v) is 19.6. The van der Waals surface area contributed by atoms with Crippen LogP contribution in [0.25, 0.3) is 0 Å². The lowest BCUT2D eigenvalue weighted by molar-refractivity contribution is -0.709. The summed E-state index contributed by atoms with van der Waals surface area (Å²) in [5.41, 5.74) is 0. The van der Waals surface area contributed by atoms with Crippen LogP contribution in [0.4, 0.5) is 0 Å². The zero-order valence-electron chi connectivity index (χ0n) is 40.3. The summed E-state index contributed by atoms with van der Waals surface area (Å²) < 4.78 is 74.6. The third kappa shape index (κ3) is 11.7. The summed E-state index contributed by atoms with van der Waals surface area (Å²) in [6.07, 6.45) is -49.9. The van der Waals surface area contributed by atoms with Crippen molar-refractivity contribution in [2.24, 2.45) is 0 Å². The molecule has 24 rings (SSSR count). The number of aliphatic hydroxyl groups is 16. The molecule has 0 amide bonds. The molecule has 0 unspecified atom stereocenters. The Morgan fingerprint density at radius 3 is 0.618 bits per heavy atom. The van der Waals surface area contributed by atoms with Crippen molar-refractivity contribution < 1.29 is 148 Å².